The summed E-state index contributed by atoms with van der Waals surface area (Å²) in [5.74, 6) is 0.930. The first kappa shape index (κ1) is 13.4. The van der Waals surface area contributed by atoms with Crippen molar-refractivity contribution in [3.05, 3.63) is 0 Å². The smallest absolute Gasteiger partial charge is 0.0658 e. The first-order valence-electron chi connectivity index (χ1n) is 5.42. The summed E-state index contributed by atoms with van der Waals surface area (Å²) >= 11 is 3.70. The molecule has 0 N–H and O–H groups in total. The average molecular weight is 281 g/mol. The summed E-state index contributed by atoms with van der Waals surface area (Å²) in [5.41, 5.74) is 0. The lowest BCUT2D eigenvalue weighted by atomic mass is 9.92. The van der Waals surface area contributed by atoms with E-state index in [4.69, 9.17) is 14.2 Å². The lowest BCUT2D eigenvalue weighted by molar-refractivity contribution is -0.0740. The molecule has 15 heavy (non-hydrogen) atoms. The summed E-state index contributed by atoms with van der Waals surface area (Å²) in [4.78, 5) is 0.549. The van der Waals surface area contributed by atoms with Gasteiger partial charge in [0.25, 0.3) is 0 Å². The van der Waals surface area contributed by atoms with E-state index in [2.05, 4.69) is 22.9 Å². The van der Waals surface area contributed by atoms with E-state index >= 15 is 0 Å². The van der Waals surface area contributed by atoms with Crippen LogP contribution in [0.3, 0.4) is 0 Å². The Morgan fingerprint density at radius 2 is 1.93 bits per heavy atom. The van der Waals surface area contributed by atoms with Crippen LogP contribution in [-0.4, -0.2) is 45.0 Å². The van der Waals surface area contributed by atoms with Crippen LogP contribution in [0.15, 0.2) is 0 Å². The fourth-order valence-corrected chi connectivity index (χ4v) is 2.44. The van der Waals surface area contributed by atoms with Gasteiger partial charge in [0.15, 0.2) is 0 Å². The molecular weight excluding hydrogens is 260 g/mol. The third-order valence-electron chi connectivity index (χ3n) is 2.94. The zero-order chi connectivity index (χ0) is 11.3. The molecular formula is C11H21BrO3. The molecule has 0 aromatic carbocycles. The van der Waals surface area contributed by atoms with Crippen LogP contribution in [0.5, 0.6) is 0 Å². The van der Waals surface area contributed by atoms with Crippen molar-refractivity contribution in [1.29, 1.82) is 0 Å². The zero-order valence-electron chi connectivity index (χ0n) is 9.74. The predicted octanol–water partition coefficient (Wildman–Crippen LogP) is 2.08. The van der Waals surface area contributed by atoms with Crippen molar-refractivity contribution in [1.82, 2.24) is 0 Å². The molecule has 1 aliphatic heterocycles. The van der Waals surface area contributed by atoms with Crippen molar-refractivity contribution < 1.29 is 14.2 Å². The summed E-state index contributed by atoms with van der Waals surface area (Å²) in [7, 11) is 3.44. The van der Waals surface area contributed by atoms with Gasteiger partial charge in [-0.3, -0.25) is 0 Å². The summed E-state index contributed by atoms with van der Waals surface area (Å²) in [6.45, 7) is 4.43. The Labute approximate surface area is 101 Å². The SMILES string of the molecule is COCC(COC)C1CC(Br)C(C)CO1. The molecule has 1 heterocycles. The molecule has 1 fully saturated rings. The Morgan fingerprint density at radius 1 is 1.33 bits per heavy atom. The normalized spacial score (nSPS) is 32.2. The lowest BCUT2D eigenvalue weighted by Gasteiger charge is -2.35. The van der Waals surface area contributed by atoms with Crippen LogP contribution in [0, 0.1) is 11.8 Å². The van der Waals surface area contributed by atoms with Crippen LogP contribution in [0.4, 0.5) is 0 Å². The summed E-state index contributed by atoms with van der Waals surface area (Å²) in [6, 6.07) is 0. The molecule has 1 rings (SSSR count). The molecule has 0 aliphatic carbocycles. The number of halogens is 1. The fourth-order valence-electron chi connectivity index (χ4n) is 1.92. The van der Waals surface area contributed by atoms with Gasteiger partial charge in [-0.2, -0.15) is 0 Å². The van der Waals surface area contributed by atoms with Crippen molar-refractivity contribution in [2.45, 2.75) is 24.3 Å². The Bertz CT molecular complexity index is 171. The maximum atomic E-state index is 5.84. The highest BCUT2D eigenvalue weighted by atomic mass is 79.9. The van der Waals surface area contributed by atoms with E-state index in [1.807, 2.05) is 0 Å². The van der Waals surface area contributed by atoms with Crippen LogP contribution in [0.2, 0.25) is 0 Å². The van der Waals surface area contributed by atoms with E-state index in [0.717, 1.165) is 13.0 Å². The molecule has 1 saturated heterocycles. The highest BCUT2D eigenvalue weighted by Crippen LogP contribution is 2.29. The average Bonchev–Trinajstić information content (AvgIpc) is 2.22. The van der Waals surface area contributed by atoms with Crippen LogP contribution >= 0.6 is 15.9 Å². The predicted molar refractivity (Wildman–Crippen MR) is 63.5 cm³/mol. The molecule has 90 valence electrons. The van der Waals surface area contributed by atoms with Gasteiger partial charge in [-0.1, -0.05) is 22.9 Å². The largest absolute Gasteiger partial charge is 0.384 e. The lowest BCUT2D eigenvalue weighted by Crippen LogP contribution is -2.40. The van der Waals surface area contributed by atoms with E-state index in [1.165, 1.54) is 0 Å². The standard InChI is InChI=1S/C11H21BrO3/c1-8-5-15-11(4-10(8)12)9(6-13-2)7-14-3/h8-11H,4-7H2,1-3H3. The van der Waals surface area contributed by atoms with E-state index in [0.29, 0.717) is 29.9 Å². The Hall–Kier alpha value is 0.360. The summed E-state index contributed by atoms with van der Waals surface area (Å²) in [6.07, 6.45) is 1.30. The Morgan fingerprint density at radius 3 is 2.40 bits per heavy atom. The first-order valence-corrected chi connectivity index (χ1v) is 6.34. The van der Waals surface area contributed by atoms with Gasteiger partial charge in [0.1, 0.15) is 0 Å². The minimum atomic E-state index is 0.255. The molecule has 0 radical (unpaired) electrons. The van der Waals surface area contributed by atoms with Gasteiger partial charge in [0.2, 0.25) is 0 Å². The van der Waals surface area contributed by atoms with Gasteiger partial charge in [-0.25, -0.2) is 0 Å². The topological polar surface area (TPSA) is 27.7 Å². The molecule has 3 unspecified atom stereocenters. The van der Waals surface area contributed by atoms with Crippen molar-refractivity contribution in [3.63, 3.8) is 0 Å². The van der Waals surface area contributed by atoms with Crippen molar-refractivity contribution in [2.75, 3.05) is 34.0 Å². The third-order valence-corrected chi connectivity index (χ3v) is 4.21. The molecule has 0 bridgehead atoms. The molecule has 4 heteroatoms. The number of alkyl halides is 1. The second kappa shape index (κ2) is 6.84. The van der Waals surface area contributed by atoms with Gasteiger partial charge in [0, 0.05) is 25.0 Å². The van der Waals surface area contributed by atoms with Crippen LogP contribution in [0.25, 0.3) is 0 Å². The molecule has 0 aromatic rings. The monoisotopic (exact) mass is 280 g/mol. The first-order chi connectivity index (χ1) is 7.19. The highest BCUT2D eigenvalue weighted by Gasteiger charge is 2.31. The quantitative estimate of drug-likeness (QED) is 0.722. The molecule has 0 aromatic heterocycles. The van der Waals surface area contributed by atoms with Gasteiger partial charge in [-0.15, -0.1) is 0 Å². The van der Waals surface area contributed by atoms with Crippen molar-refractivity contribution in [2.24, 2.45) is 11.8 Å². The number of hydrogen-bond donors (Lipinski definition) is 0. The maximum absolute atomic E-state index is 5.84. The Balaban J connectivity index is 2.45. The zero-order valence-corrected chi connectivity index (χ0v) is 11.3. The molecule has 1 aliphatic rings. The number of hydrogen-bond acceptors (Lipinski definition) is 3. The second-order valence-corrected chi connectivity index (χ2v) is 5.45. The van der Waals surface area contributed by atoms with Crippen LogP contribution < -0.4 is 0 Å². The van der Waals surface area contributed by atoms with E-state index < -0.39 is 0 Å². The molecule has 3 nitrogen and oxygen atoms in total. The third kappa shape index (κ3) is 4.02. The molecule has 3 atom stereocenters. The van der Waals surface area contributed by atoms with Crippen LogP contribution in [-0.2, 0) is 14.2 Å². The van der Waals surface area contributed by atoms with E-state index in [1.54, 1.807) is 14.2 Å². The van der Waals surface area contributed by atoms with E-state index in [9.17, 15) is 0 Å². The minimum Gasteiger partial charge on any atom is -0.384 e. The maximum Gasteiger partial charge on any atom is 0.0658 e. The fraction of sp³-hybridized carbons (Fsp3) is 1.00. The van der Waals surface area contributed by atoms with Crippen molar-refractivity contribution in [3.8, 4) is 0 Å². The number of ether oxygens (including phenoxy) is 3. The summed E-state index contributed by atoms with van der Waals surface area (Å²) in [5, 5.41) is 0. The highest BCUT2D eigenvalue weighted by molar-refractivity contribution is 9.09. The van der Waals surface area contributed by atoms with Crippen molar-refractivity contribution >= 4 is 15.9 Å². The number of methoxy groups -OCH3 is 2. The van der Waals surface area contributed by atoms with Gasteiger partial charge < -0.3 is 14.2 Å². The minimum absolute atomic E-state index is 0.255. The second-order valence-electron chi connectivity index (χ2n) is 4.27. The molecule has 0 amide bonds. The van der Waals surface area contributed by atoms with Gasteiger partial charge in [-0.05, 0) is 12.3 Å². The Kier molecular flexibility index (Phi) is 6.12. The van der Waals surface area contributed by atoms with Gasteiger partial charge >= 0.3 is 0 Å². The molecule has 0 saturated carbocycles. The summed E-state index contributed by atoms with van der Waals surface area (Å²) < 4.78 is 16.2. The van der Waals surface area contributed by atoms with E-state index in [-0.39, 0.29) is 6.10 Å². The van der Waals surface area contributed by atoms with Gasteiger partial charge in [0.05, 0.1) is 25.9 Å². The molecule has 0 spiro atoms. The van der Waals surface area contributed by atoms with Crippen LogP contribution in [0.1, 0.15) is 13.3 Å². The number of rotatable bonds is 5.